The van der Waals surface area contributed by atoms with Crippen molar-refractivity contribution in [2.24, 2.45) is 0 Å². The molecule has 1 aromatic heterocycles. The van der Waals surface area contributed by atoms with Crippen LogP contribution in [0.25, 0.3) is 11.0 Å². The van der Waals surface area contributed by atoms with Crippen molar-refractivity contribution >= 4 is 11.0 Å². The Morgan fingerprint density at radius 2 is 1.69 bits per heavy atom. The normalized spacial score (nSPS) is 15.4. The molecule has 4 rings (SSSR count). The molecule has 148 valence electrons. The van der Waals surface area contributed by atoms with E-state index in [1.165, 1.54) is 5.56 Å². The molecular formula is C23H23N3O3. The lowest BCUT2D eigenvalue weighted by Crippen LogP contribution is -2.45. The summed E-state index contributed by atoms with van der Waals surface area (Å²) in [7, 11) is 0. The number of aryl methyl sites for hydroxylation is 1. The van der Waals surface area contributed by atoms with E-state index in [9.17, 15) is 9.90 Å². The first kappa shape index (κ1) is 19.2. The Balaban J connectivity index is 1.43. The van der Waals surface area contributed by atoms with Crippen molar-refractivity contribution in [3.05, 3.63) is 75.1 Å². The first-order valence-corrected chi connectivity index (χ1v) is 9.72. The predicted molar refractivity (Wildman–Crippen MR) is 111 cm³/mol. The van der Waals surface area contributed by atoms with Gasteiger partial charge in [-0.3, -0.25) is 9.80 Å². The van der Waals surface area contributed by atoms with Crippen molar-refractivity contribution in [1.29, 1.82) is 5.26 Å². The van der Waals surface area contributed by atoms with Crippen LogP contribution in [-0.2, 0) is 13.1 Å². The van der Waals surface area contributed by atoms with Crippen molar-refractivity contribution in [3.63, 3.8) is 0 Å². The van der Waals surface area contributed by atoms with Crippen molar-refractivity contribution in [1.82, 2.24) is 9.80 Å². The molecule has 3 aromatic rings. The zero-order valence-corrected chi connectivity index (χ0v) is 16.4. The van der Waals surface area contributed by atoms with E-state index in [0.717, 1.165) is 43.7 Å². The van der Waals surface area contributed by atoms with Crippen molar-refractivity contribution in [3.8, 4) is 11.8 Å². The molecule has 0 unspecified atom stereocenters. The molecule has 1 fully saturated rings. The summed E-state index contributed by atoms with van der Waals surface area (Å²) in [4.78, 5) is 16.8. The molecule has 6 nitrogen and oxygen atoms in total. The Hall–Kier alpha value is -3.14. The van der Waals surface area contributed by atoms with E-state index in [1.54, 1.807) is 19.1 Å². The fourth-order valence-electron chi connectivity index (χ4n) is 3.84. The number of nitriles is 1. The van der Waals surface area contributed by atoms with Crippen LogP contribution < -0.4 is 5.63 Å². The van der Waals surface area contributed by atoms with Gasteiger partial charge in [0.2, 0.25) is 0 Å². The smallest absolute Gasteiger partial charge is 0.336 e. The molecule has 0 saturated carbocycles. The lowest BCUT2D eigenvalue weighted by molar-refractivity contribution is 0.122. The van der Waals surface area contributed by atoms with Gasteiger partial charge in [-0.05, 0) is 42.3 Å². The molecule has 1 aliphatic heterocycles. The molecule has 1 saturated heterocycles. The van der Waals surface area contributed by atoms with Gasteiger partial charge < -0.3 is 9.52 Å². The molecule has 0 bridgehead atoms. The molecule has 6 heteroatoms. The van der Waals surface area contributed by atoms with E-state index in [2.05, 4.69) is 15.9 Å². The van der Waals surface area contributed by atoms with Gasteiger partial charge in [-0.2, -0.15) is 5.26 Å². The highest BCUT2D eigenvalue weighted by Gasteiger charge is 2.19. The van der Waals surface area contributed by atoms with Gasteiger partial charge in [0, 0.05) is 56.3 Å². The van der Waals surface area contributed by atoms with Crippen LogP contribution in [0.1, 0.15) is 22.3 Å². The van der Waals surface area contributed by atoms with E-state index in [1.807, 2.05) is 30.3 Å². The Labute approximate surface area is 169 Å². The molecule has 0 amide bonds. The van der Waals surface area contributed by atoms with Crippen LogP contribution in [0.5, 0.6) is 5.75 Å². The van der Waals surface area contributed by atoms with E-state index in [0.29, 0.717) is 23.3 Å². The van der Waals surface area contributed by atoms with Gasteiger partial charge in [0.15, 0.2) is 0 Å². The van der Waals surface area contributed by atoms with Crippen LogP contribution >= 0.6 is 0 Å². The van der Waals surface area contributed by atoms with Gasteiger partial charge in [-0.15, -0.1) is 0 Å². The lowest BCUT2D eigenvalue weighted by atomic mass is 10.1. The summed E-state index contributed by atoms with van der Waals surface area (Å²) in [6, 6.07) is 14.9. The summed E-state index contributed by atoms with van der Waals surface area (Å²) in [5, 5.41) is 19.7. The quantitative estimate of drug-likeness (QED) is 0.691. The van der Waals surface area contributed by atoms with E-state index in [-0.39, 0.29) is 11.4 Å². The molecule has 1 aliphatic rings. The maximum Gasteiger partial charge on any atom is 0.336 e. The number of phenolic OH excluding ortho intramolecular Hbond substituents is 1. The molecular weight excluding hydrogens is 366 g/mol. The zero-order chi connectivity index (χ0) is 20.4. The molecule has 29 heavy (non-hydrogen) atoms. The third-order valence-electron chi connectivity index (χ3n) is 5.57. The third kappa shape index (κ3) is 4.16. The van der Waals surface area contributed by atoms with Gasteiger partial charge in [0.1, 0.15) is 11.3 Å². The van der Waals surface area contributed by atoms with Gasteiger partial charge >= 0.3 is 5.63 Å². The summed E-state index contributed by atoms with van der Waals surface area (Å²) < 4.78 is 5.34. The second-order valence-electron chi connectivity index (χ2n) is 7.54. The summed E-state index contributed by atoms with van der Waals surface area (Å²) in [5.74, 6) is 0.134. The van der Waals surface area contributed by atoms with E-state index >= 15 is 0 Å². The van der Waals surface area contributed by atoms with Gasteiger partial charge in [0.05, 0.1) is 11.6 Å². The predicted octanol–water partition coefficient (Wildman–Crippen LogP) is 3.00. The number of benzene rings is 2. The van der Waals surface area contributed by atoms with Crippen molar-refractivity contribution in [2.45, 2.75) is 20.0 Å². The molecule has 1 N–H and O–H groups in total. The second-order valence-corrected chi connectivity index (χ2v) is 7.54. The molecule has 0 spiro atoms. The standard InChI is InChI=1S/C23H23N3O3/c1-16-21(27)7-6-20-19(12-22(28)29-23(16)20)15-26-10-8-25(9-11-26)14-18-4-2-17(13-24)3-5-18/h2-7,12,27H,8-11,14-15H2,1H3. The minimum atomic E-state index is -0.388. The van der Waals surface area contributed by atoms with Crippen molar-refractivity contribution < 1.29 is 9.52 Å². The third-order valence-corrected chi connectivity index (χ3v) is 5.57. The van der Waals surface area contributed by atoms with Crippen LogP contribution in [0.15, 0.2) is 51.7 Å². The monoisotopic (exact) mass is 389 g/mol. The van der Waals surface area contributed by atoms with Gasteiger partial charge in [-0.25, -0.2) is 4.79 Å². The SMILES string of the molecule is Cc1c(O)ccc2c(CN3CCN(Cc4ccc(C#N)cc4)CC3)cc(=O)oc12. The number of hydrogen-bond acceptors (Lipinski definition) is 6. The van der Waals surface area contributed by atoms with E-state index < -0.39 is 0 Å². The van der Waals surface area contributed by atoms with Crippen LogP contribution in [0.3, 0.4) is 0 Å². The maximum atomic E-state index is 12.0. The number of aromatic hydroxyl groups is 1. The van der Waals surface area contributed by atoms with E-state index in [4.69, 9.17) is 9.68 Å². The highest BCUT2D eigenvalue weighted by Crippen LogP contribution is 2.28. The Morgan fingerprint density at radius 3 is 2.34 bits per heavy atom. The zero-order valence-electron chi connectivity index (χ0n) is 16.4. The van der Waals surface area contributed by atoms with Gasteiger partial charge in [-0.1, -0.05) is 12.1 Å². The molecule has 2 heterocycles. The second kappa shape index (κ2) is 8.08. The Kier molecular flexibility index (Phi) is 5.34. The minimum absolute atomic E-state index is 0.134. The average Bonchev–Trinajstić information content (AvgIpc) is 2.73. The number of fused-ring (bicyclic) bond motifs is 1. The topological polar surface area (TPSA) is 80.7 Å². The molecule has 2 aromatic carbocycles. The highest BCUT2D eigenvalue weighted by atomic mass is 16.4. The van der Waals surface area contributed by atoms with Crippen LogP contribution in [0.2, 0.25) is 0 Å². The number of rotatable bonds is 4. The number of hydrogen-bond donors (Lipinski definition) is 1. The Bertz CT molecular complexity index is 1120. The van der Waals surface area contributed by atoms with Crippen LogP contribution in [-0.4, -0.2) is 41.1 Å². The number of phenols is 1. The largest absolute Gasteiger partial charge is 0.508 e. The minimum Gasteiger partial charge on any atom is -0.508 e. The summed E-state index contributed by atoms with van der Waals surface area (Å²) in [6.45, 7) is 7.02. The lowest BCUT2D eigenvalue weighted by Gasteiger charge is -2.34. The average molecular weight is 389 g/mol. The summed E-state index contributed by atoms with van der Waals surface area (Å²) in [5.41, 5.74) is 3.49. The summed E-state index contributed by atoms with van der Waals surface area (Å²) >= 11 is 0. The van der Waals surface area contributed by atoms with Crippen LogP contribution in [0.4, 0.5) is 0 Å². The number of piperazine rings is 1. The fraction of sp³-hybridized carbons (Fsp3) is 0.304. The van der Waals surface area contributed by atoms with Crippen molar-refractivity contribution in [2.75, 3.05) is 26.2 Å². The fourth-order valence-corrected chi connectivity index (χ4v) is 3.84. The maximum absolute atomic E-state index is 12.0. The molecule has 0 radical (unpaired) electrons. The molecule has 0 atom stereocenters. The van der Waals surface area contributed by atoms with Crippen LogP contribution in [0, 0.1) is 18.3 Å². The number of nitrogens with zero attached hydrogens (tertiary/aromatic N) is 3. The summed E-state index contributed by atoms with van der Waals surface area (Å²) in [6.07, 6.45) is 0. The highest BCUT2D eigenvalue weighted by molar-refractivity contribution is 5.84. The first-order chi connectivity index (χ1) is 14.0. The molecule has 0 aliphatic carbocycles. The Morgan fingerprint density at radius 1 is 1.03 bits per heavy atom. The van der Waals surface area contributed by atoms with Gasteiger partial charge in [0.25, 0.3) is 0 Å². The first-order valence-electron chi connectivity index (χ1n) is 9.72.